The lowest BCUT2D eigenvalue weighted by Gasteiger charge is -2.39. The van der Waals surface area contributed by atoms with Crippen molar-refractivity contribution < 1.29 is 0 Å². The van der Waals surface area contributed by atoms with Crippen LogP contribution in [0, 0.1) is 0 Å². The van der Waals surface area contributed by atoms with Crippen molar-refractivity contribution >= 4 is 11.6 Å². The molecule has 2 heteroatoms. The smallest absolute Gasteiger partial charge is 0.0406 e. The van der Waals surface area contributed by atoms with E-state index in [0.717, 1.165) is 11.6 Å². The van der Waals surface area contributed by atoms with Gasteiger partial charge < -0.3 is 0 Å². The van der Waals surface area contributed by atoms with Gasteiger partial charge in [-0.3, -0.25) is 4.90 Å². The molecule has 0 saturated heterocycles. The van der Waals surface area contributed by atoms with Crippen molar-refractivity contribution in [1.29, 1.82) is 0 Å². The monoisotopic (exact) mass is 271 g/mol. The minimum atomic E-state index is 0.423. The summed E-state index contributed by atoms with van der Waals surface area (Å²) in [6.07, 6.45) is 0. The van der Waals surface area contributed by atoms with Crippen molar-refractivity contribution in [3.05, 3.63) is 70.2 Å². The van der Waals surface area contributed by atoms with Crippen LogP contribution in [0.1, 0.15) is 29.5 Å². The van der Waals surface area contributed by atoms with Crippen molar-refractivity contribution in [2.45, 2.75) is 25.4 Å². The largest absolute Gasteiger partial charge is 0.298 e. The lowest BCUT2D eigenvalue weighted by Crippen LogP contribution is -2.39. The van der Waals surface area contributed by atoms with Crippen LogP contribution < -0.4 is 0 Å². The van der Waals surface area contributed by atoms with Gasteiger partial charge >= 0.3 is 0 Å². The molecule has 1 aliphatic heterocycles. The topological polar surface area (TPSA) is 3.24 Å². The van der Waals surface area contributed by atoms with Crippen molar-refractivity contribution in [3.8, 4) is 0 Å². The maximum absolute atomic E-state index is 6.01. The number of benzene rings is 2. The molecule has 0 aromatic heterocycles. The molecular weight excluding hydrogens is 254 g/mol. The first-order valence-electron chi connectivity index (χ1n) is 6.70. The molecule has 98 valence electrons. The van der Waals surface area contributed by atoms with E-state index in [2.05, 4.69) is 55.3 Å². The standard InChI is InChI=1S/C17H18ClN/c1-12-17(13-7-9-15(18)10-8-13)16-6-4-3-5-14(16)11-19(12)2/h3-10,12,17H,11H2,1-2H3/t12-,17-/m1/s1. The van der Waals surface area contributed by atoms with Gasteiger partial charge in [0.1, 0.15) is 0 Å². The molecule has 0 spiro atoms. The highest BCUT2D eigenvalue weighted by Gasteiger charge is 2.30. The molecule has 1 heterocycles. The van der Waals surface area contributed by atoms with E-state index in [1.807, 2.05) is 12.1 Å². The van der Waals surface area contributed by atoms with Gasteiger partial charge in [0.25, 0.3) is 0 Å². The molecular formula is C17H18ClN. The van der Waals surface area contributed by atoms with Crippen molar-refractivity contribution in [3.63, 3.8) is 0 Å². The maximum atomic E-state index is 6.01. The second kappa shape index (κ2) is 4.99. The van der Waals surface area contributed by atoms with Crippen molar-refractivity contribution in [1.82, 2.24) is 4.90 Å². The molecule has 1 aliphatic rings. The fourth-order valence-corrected chi connectivity index (χ4v) is 3.16. The summed E-state index contributed by atoms with van der Waals surface area (Å²) >= 11 is 6.01. The molecule has 0 N–H and O–H groups in total. The van der Waals surface area contributed by atoms with Crippen molar-refractivity contribution in [2.75, 3.05) is 7.05 Å². The fourth-order valence-electron chi connectivity index (χ4n) is 3.04. The molecule has 0 fully saturated rings. The van der Waals surface area contributed by atoms with Crippen LogP contribution in [-0.2, 0) is 6.54 Å². The second-order valence-electron chi connectivity index (χ2n) is 5.38. The van der Waals surface area contributed by atoms with Gasteiger partial charge in [-0.1, -0.05) is 48.0 Å². The molecule has 1 nitrogen and oxygen atoms in total. The van der Waals surface area contributed by atoms with Gasteiger partial charge in [-0.25, -0.2) is 0 Å². The highest BCUT2D eigenvalue weighted by atomic mass is 35.5. The maximum Gasteiger partial charge on any atom is 0.0406 e. The van der Waals surface area contributed by atoms with Gasteiger partial charge in [-0.05, 0) is 42.8 Å². The first kappa shape index (κ1) is 12.7. The minimum Gasteiger partial charge on any atom is -0.298 e. The predicted molar refractivity (Wildman–Crippen MR) is 80.7 cm³/mol. The van der Waals surface area contributed by atoms with Crippen molar-refractivity contribution in [2.24, 2.45) is 0 Å². The summed E-state index contributed by atoms with van der Waals surface area (Å²) in [5.74, 6) is 0.423. The quantitative estimate of drug-likeness (QED) is 0.747. The Hall–Kier alpha value is -1.31. The summed E-state index contributed by atoms with van der Waals surface area (Å²) in [5, 5.41) is 0.800. The SMILES string of the molecule is C[C@@H]1[C@H](c2ccc(Cl)cc2)c2ccccc2CN1C. The van der Waals surface area contributed by atoms with E-state index in [1.54, 1.807) is 0 Å². The van der Waals surface area contributed by atoms with E-state index in [-0.39, 0.29) is 0 Å². The third-order valence-corrected chi connectivity index (χ3v) is 4.47. The second-order valence-corrected chi connectivity index (χ2v) is 5.82. The molecule has 19 heavy (non-hydrogen) atoms. The molecule has 2 aromatic carbocycles. The Morgan fingerprint density at radius 3 is 2.47 bits per heavy atom. The molecule has 2 aromatic rings. The Balaban J connectivity index is 2.10. The van der Waals surface area contributed by atoms with Crippen LogP contribution >= 0.6 is 11.6 Å². The molecule has 3 rings (SSSR count). The zero-order valence-electron chi connectivity index (χ0n) is 11.3. The minimum absolute atomic E-state index is 0.423. The van der Waals surface area contributed by atoms with E-state index in [9.17, 15) is 0 Å². The summed E-state index contributed by atoms with van der Waals surface area (Å²) in [6, 6.07) is 17.5. The molecule has 0 saturated carbocycles. The number of nitrogens with zero attached hydrogens (tertiary/aromatic N) is 1. The normalized spacial score (nSPS) is 23.1. The van der Waals surface area contributed by atoms with Gasteiger partial charge in [-0.15, -0.1) is 0 Å². The highest BCUT2D eigenvalue weighted by molar-refractivity contribution is 6.30. The van der Waals surface area contributed by atoms with Crippen LogP contribution in [-0.4, -0.2) is 18.0 Å². The number of likely N-dealkylation sites (N-methyl/N-ethyl adjacent to an activating group) is 1. The van der Waals surface area contributed by atoms with Crippen LogP contribution in [0.2, 0.25) is 5.02 Å². The average molecular weight is 272 g/mol. The highest BCUT2D eigenvalue weighted by Crippen LogP contribution is 2.37. The summed E-state index contributed by atoms with van der Waals surface area (Å²) in [4.78, 5) is 2.42. The number of halogens is 1. The molecule has 2 atom stereocenters. The third kappa shape index (κ3) is 2.29. The zero-order chi connectivity index (χ0) is 13.4. The Kier molecular flexibility index (Phi) is 3.34. The van der Waals surface area contributed by atoms with Gasteiger partial charge in [0, 0.05) is 23.5 Å². The molecule has 0 radical (unpaired) electrons. The lowest BCUT2D eigenvalue weighted by atomic mass is 9.80. The zero-order valence-corrected chi connectivity index (χ0v) is 12.1. The number of hydrogen-bond donors (Lipinski definition) is 0. The van der Waals surface area contributed by atoms with E-state index in [4.69, 9.17) is 11.6 Å². The lowest BCUT2D eigenvalue weighted by molar-refractivity contribution is 0.212. The number of fused-ring (bicyclic) bond motifs is 1. The summed E-state index contributed by atoms with van der Waals surface area (Å²) in [6.45, 7) is 3.33. The Morgan fingerprint density at radius 1 is 1.05 bits per heavy atom. The Morgan fingerprint density at radius 2 is 1.74 bits per heavy atom. The van der Waals surface area contributed by atoms with Crippen LogP contribution in [0.4, 0.5) is 0 Å². The molecule has 0 bridgehead atoms. The number of rotatable bonds is 1. The summed E-state index contributed by atoms with van der Waals surface area (Å²) in [7, 11) is 2.20. The van der Waals surface area contributed by atoms with E-state index >= 15 is 0 Å². The first-order chi connectivity index (χ1) is 9.16. The van der Waals surface area contributed by atoms with Crippen LogP contribution in [0.15, 0.2) is 48.5 Å². The Bertz CT molecular complexity index is 576. The van der Waals surface area contributed by atoms with E-state index in [0.29, 0.717) is 12.0 Å². The van der Waals surface area contributed by atoms with Crippen LogP contribution in [0.5, 0.6) is 0 Å². The van der Waals surface area contributed by atoms with Crippen LogP contribution in [0.25, 0.3) is 0 Å². The van der Waals surface area contributed by atoms with Crippen LogP contribution in [0.3, 0.4) is 0 Å². The fraction of sp³-hybridized carbons (Fsp3) is 0.294. The summed E-state index contributed by atoms with van der Waals surface area (Å²) < 4.78 is 0. The summed E-state index contributed by atoms with van der Waals surface area (Å²) in [5.41, 5.74) is 4.23. The van der Waals surface area contributed by atoms with E-state index in [1.165, 1.54) is 16.7 Å². The first-order valence-corrected chi connectivity index (χ1v) is 7.08. The van der Waals surface area contributed by atoms with Gasteiger partial charge in [0.2, 0.25) is 0 Å². The number of hydrogen-bond acceptors (Lipinski definition) is 1. The van der Waals surface area contributed by atoms with Gasteiger partial charge in [0.05, 0.1) is 0 Å². The van der Waals surface area contributed by atoms with E-state index < -0.39 is 0 Å². The predicted octanol–water partition coefficient (Wildman–Crippen LogP) is 4.31. The van der Waals surface area contributed by atoms with Gasteiger partial charge in [0.15, 0.2) is 0 Å². The average Bonchev–Trinajstić information content (AvgIpc) is 2.42. The van der Waals surface area contributed by atoms with Gasteiger partial charge in [-0.2, -0.15) is 0 Å². The third-order valence-electron chi connectivity index (χ3n) is 4.22. The Labute approximate surface area is 119 Å². The molecule has 0 unspecified atom stereocenters. The molecule has 0 amide bonds. The molecule has 0 aliphatic carbocycles.